The van der Waals surface area contributed by atoms with Gasteiger partial charge >= 0.3 is 0 Å². The molecule has 0 fully saturated rings. The average molecular weight is 325 g/mol. The highest BCUT2D eigenvalue weighted by Crippen LogP contribution is 2.25. The van der Waals surface area contributed by atoms with Crippen molar-refractivity contribution >= 4 is 51.9 Å². The van der Waals surface area contributed by atoms with Gasteiger partial charge < -0.3 is 10.6 Å². The molecule has 0 heterocycles. The first-order valence-corrected chi connectivity index (χ1v) is 7.37. The van der Waals surface area contributed by atoms with Crippen LogP contribution in [0.1, 0.15) is 12.5 Å². The summed E-state index contributed by atoms with van der Waals surface area (Å²) in [6.07, 6.45) is 0.934. The molecule has 2 aromatic rings. The summed E-state index contributed by atoms with van der Waals surface area (Å²) >= 11 is 17.3. The van der Waals surface area contributed by atoms with Gasteiger partial charge in [-0.1, -0.05) is 48.3 Å². The van der Waals surface area contributed by atoms with Gasteiger partial charge in [0.05, 0.1) is 10.7 Å². The number of nitrogens with one attached hydrogen (secondary N) is 2. The van der Waals surface area contributed by atoms with E-state index in [0.29, 0.717) is 20.8 Å². The van der Waals surface area contributed by atoms with Crippen LogP contribution >= 0.6 is 35.4 Å². The van der Waals surface area contributed by atoms with Crippen LogP contribution in [0.3, 0.4) is 0 Å². The third kappa shape index (κ3) is 3.85. The third-order valence-electron chi connectivity index (χ3n) is 2.82. The van der Waals surface area contributed by atoms with Gasteiger partial charge in [0.2, 0.25) is 0 Å². The first-order chi connectivity index (χ1) is 9.60. The highest BCUT2D eigenvalue weighted by Gasteiger charge is 2.06. The highest BCUT2D eigenvalue weighted by atomic mass is 35.5. The maximum absolute atomic E-state index is 6.09. The monoisotopic (exact) mass is 324 g/mol. The number of para-hydroxylation sites is 1. The molecule has 104 valence electrons. The zero-order chi connectivity index (χ0) is 14.5. The summed E-state index contributed by atoms with van der Waals surface area (Å²) < 4.78 is 0. The Morgan fingerprint density at radius 3 is 2.50 bits per heavy atom. The first-order valence-electron chi connectivity index (χ1n) is 6.21. The number of aryl methyl sites for hydroxylation is 1. The summed E-state index contributed by atoms with van der Waals surface area (Å²) in [6.45, 7) is 2.10. The van der Waals surface area contributed by atoms with E-state index in [1.807, 2.05) is 18.2 Å². The van der Waals surface area contributed by atoms with Crippen LogP contribution in [0.4, 0.5) is 11.4 Å². The van der Waals surface area contributed by atoms with Gasteiger partial charge in [-0.25, -0.2) is 0 Å². The Morgan fingerprint density at radius 1 is 1.05 bits per heavy atom. The predicted octanol–water partition coefficient (Wildman–Crippen LogP) is 5.36. The topological polar surface area (TPSA) is 24.1 Å². The van der Waals surface area contributed by atoms with Crippen molar-refractivity contribution in [2.45, 2.75) is 13.3 Å². The summed E-state index contributed by atoms with van der Waals surface area (Å²) in [5, 5.41) is 7.89. The summed E-state index contributed by atoms with van der Waals surface area (Å²) in [5.41, 5.74) is 2.88. The third-order valence-corrected chi connectivity index (χ3v) is 3.59. The summed E-state index contributed by atoms with van der Waals surface area (Å²) in [4.78, 5) is 0. The van der Waals surface area contributed by atoms with Gasteiger partial charge in [-0.05, 0) is 48.5 Å². The van der Waals surface area contributed by atoms with E-state index in [1.165, 1.54) is 5.56 Å². The fourth-order valence-electron chi connectivity index (χ4n) is 1.82. The van der Waals surface area contributed by atoms with Crippen molar-refractivity contribution in [2.24, 2.45) is 0 Å². The molecule has 0 saturated carbocycles. The minimum atomic E-state index is 0.482. The van der Waals surface area contributed by atoms with Crippen molar-refractivity contribution in [1.29, 1.82) is 0 Å². The van der Waals surface area contributed by atoms with E-state index in [0.717, 1.165) is 12.1 Å². The van der Waals surface area contributed by atoms with Crippen LogP contribution in [-0.2, 0) is 6.42 Å². The molecule has 0 unspecified atom stereocenters. The Labute approximate surface area is 134 Å². The number of rotatable bonds is 3. The van der Waals surface area contributed by atoms with Gasteiger partial charge in [0, 0.05) is 10.7 Å². The number of anilines is 2. The lowest BCUT2D eigenvalue weighted by molar-refractivity contribution is 1.14. The van der Waals surface area contributed by atoms with Gasteiger partial charge in [-0.15, -0.1) is 0 Å². The molecule has 0 radical (unpaired) electrons. The second-order valence-corrected chi connectivity index (χ2v) is 5.47. The van der Waals surface area contributed by atoms with Crippen molar-refractivity contribution in [1.82, 2.24) is 0 Å². The molecule has 0 aliphatic heterocycles. The molecule has 0 aliphatic carbocycles. The predicted molar refractivity (Wildman–Crippen MR) is 92.1 cm³/mol. The molecule has 0 amide bonds. The Hall–Kier alpha value is -1.29. The van der Waals surface area contributed by atoms with Gasteiger partial charge in [-0.3, -0.25) is 0 Å². The molecule has 0 bridgehead atoms. The largest absolute Gasteiger partial charge is 0.332 e. The Balaban J connectivity index is 2.11. The molecule has 0 saturated heterocycles. The Morgan fingerprint density at radius 2 is 1.75 bits per heavy atom. The van der Waals surface area contributed by atoms with Gasteiger partial charge in [0.25, 0.3) is 0 Å². The highest BCUT2D eigenvalue weighted by molar-refractivity contribution is 7.80. The zero-order valence-corrected chi connectivity index (χ0v) is 13.2. The Kier molecular flexibility index (Phi) is 5.24. The van der Waals surface area contributed by atoms with Gasteiger partial charge in [-0.2, -0.15) is 0 Å². The summed E-state index contributed by atoms with van der Waals surface area (Å²) in [6, 6.07) is 13.2. The lowest BCUT2D eigenvalue weighted by atomic mass is 10.1. The molecule has 2 rings (SSSR count). The first kappa shape index (κ1) is 15.1. The van der Waals surface area contributed by atoms with Gasteiger partial charge in [0.15, 0.2) is 5.11 Å². The van der Waals surface area contributed by atoms with E-state index < -0.39 is 0 Å². The van der Waals surface area contributed by atoms with Crippen molar-refractivity contribution in [3.8, 4) is 0 Å². The number of hydrogen-bond donors (Lipinski definition) is 2. The van der Waals surface area contributed by atoms with Crippen molar-refractivity contribution in [2.75, 3.05) is 10.6 Å². The minimum absolute atomic E-state index is 0.482. The molecule has 0 atom stereocenters. The fraction of sp³-hybridized carbons (Fsp3) is 0.133. The van der Waals surface area contributed by atoms with E-state index in [1.54, 1.807) is 18.2 Å². The second-order valence-electron chi connectivity index (χ2n) is 4.21. The number of thiocarbonyl (C=S) groups is 1. The molecule has 2 nitrogen and oxygen atoms in total. The lowest BCUT2D eigenvalue weighted by Gasteiger charge is -2.14. The van der Waals surface area contributed by atoms with E-state index in [2.05, 4.69) is 23.6 Å². The van der Waals surface area contributed by atoms with Crippen LogP contribution in [0.2, 0.25) is 10.0 Å². The SMILES string of the molecule is CCc1ccccc1NC(=S)Nc1cc(Cl)ccc1Cl. The Bertz CT molecular complexity index is 629. The van der Waals surface area contributed by atoms with Gasteiger partial charge in [0.1, 0.15) is 0 Å². The number of benzene rings is 2. The normalized spacial score (nSPS) is 10.2. The molecule has 20 heavy (non-hydrogen) atoms. The number of halogens is 2. The summed E-state index contributed by atoms with van der Waals surface area (Å²) in [7, 11) is 0. The van der Waals surface area contributed by atoms with Crippen LogP contribution < -0.4 is 10.6 Å². The fourth-order valence-corrected chi connectivity index (χ4v) is 2.38. The molecule has 0 spiro atoms. The molecule has 0 aliphatic rings. The second kappa shape index (κ2) is 6.93. The molecule has 2 N–H and O–H groups in total. The van der Waals surface area contributed by atoms with E-state index in [-0.39, 0.29) is 0 Å². The van der Waals surface area contributed by atoms with E-state index in [4.69, 9.17) is 35.4 Å². The maximum Gasteiger partial charge on any atom is 0.175 e. The smallest absolute Gasteiger partial charge is 0.175 e. The molecule has 5 heteroatoms. The lowest BCUT2D eigenvalue weighted by Crippen LogP contribution is -2.20. The quantitative estimate of drug-likeness (QED) is 0.742. The van der Waals surface area contributed by atoms with E-state index >= 15 is 0 Å². The van der Waals surface area contributed by atoms with Crippen molar-refractivity contribution in [3.63, 3.8) is 0 Å². The van der Waals surface area contributed by atoms with Crippen LogP contribution in [-0.4, -0.2) is 5.11 Å². The molecular weight excluding hydrogens is 311 g/mol. The molecular formula is C15H14Cl2N2S. The van der Waals surface area contributed by atoms with E-state index in [9.17, 15) is 0 Å². The molecule has 0 aromatic heterocycles. The minimum Gasteiger partial charge on any atom is -0.332 e. The zero-order valence-electron chi connectivity index (χ0n) is 10.9. The van der Waals surface area contributed by atoms with Crippen molar-refractivity contribution < 1.29 is 0 Å². The van der Waals surface area contributed by atoms with Crippen LogP contribution in [0.15, 0.2) is 42.5 Å². The van der Waals surface area contributed by atoms with Crippen LogP contribution in [0.5, 0.6) is 0 Å². The molecule has 2 aromatic carbocycles. The maximum atomic E-state index is 6.09. The van der Waals surface area contributed by atoms with Crippen LogP contribution in [0.25, 0.3) is 0 Å². The average Bonchev–Trinajstić information content (AvgIpc) is 2.43. The summed E-state index contributed by atoms with van der Waals surface area (Å²) in [5.74, 6) is 0. The van der Waals surface area contributed by atoms with Crippen molar-refractivity contribution in [3.05, 3.63) is 58.1 Å². The number of hydrogen-bond acceptors (Lipinski definition) is 1. The van der Waals surface area contributed by atoms with Crippen LogP contribution in [0, 0.1) is 0 Å². The standard InChI is InChI=1S/C15H14Cl2N2S/c1-2-10-5-3-4-6-13(10)18-15(20)19-14-9-11(16)7-8-12(14)17/h3-9H,2H2,1H3,(H2,18,19,20).